The van der Waals surface area contributed by atoms with Gasteiger partial charge in [-0.3, -0.25) is 9.78 Å². The molecule has 3 aromatic rings. The zero-order chi connectivity index (χ0) is 20.2. The van der Waals surface area contributed by atoms with Crippen molar-refractivity contribution in [2.24, 2.45) is 0 Å². The van der Waals surface area contributed by atoms with Crippen LogP contribution >= 0.6 is 0 Å². The van der Waals surface area contributed by atoms with E-state index in [0.717, 1.165) is 22.4 Å². The molecular formula is C23H21FN2O3. The molecule has 2 aromatic carbocycles. The fourth-order valence-electron chi connectivity index (χ4n) is 3.60. The van der Waals surface area contributed by atoms with Crippen molar-refractivity contribution in [1.29, 1.82) is 0 Å². The number of morpholine rings is 1. The molecule has 1 aromatic heterocycles. The van der Waals surface area contributed by atoms with Gasteiger partial charge < -0.3 is 14.4 Å². The lowest BCUT2D eigenvalue weighted by Gasteiger charge is -2.36. The number of hydrogen-bond acceptors (Lipinski definition) is 4. The molecule has 1 amide bonds. The number of carbonyl (C=O) groups is 1. The van der Waals surface area contributed by atoms with Crippen LogP contribution in [0.4, 0.5) is 4.39 Å². The Balaban J connectivity index is 1.74. The number of methoxy groups -OCH3 is 1. The Morgan fingerprint density at radius 3 is 2.90 bits per heavy atom. The standard InChI is InChI=1S/C23H21FN2O3/c1-28-18-7-4-6-16(11-18)19-9-10-25-12-20(19)22-14-29-15-23(27)26(22)13-17-5-2-3-8-21(17)24/h2-12,22H,13-15H2,1H3. The largest absolute Gasteiger partial charge is 0.497 e. The van der Waals surface area contributed by atoms with Crippen LogP contribution in [-0.4, -0.2) is 36.1 Å². The van der Waals surface area contributed by atoms with Gasteiger partial charge in [0.25, 0.3) is 0 Å². The first-order valence-corrected chi connectivity index (χ1v) is 9.36. The highest BCUT2D eigenvalue weighted by Crippen LogP contribution is 2.35. The van der Waals surface area contributed by atoms with Gasteiger partial charge in [0.05, 0.1) is 19.8 Å². The molecule has 0 saturated carbocycles. The Bertz CT molecular complexity index is 1020. The predicted molar refractivity (Wildman–Crippen MR) is 107 cm³/mol. The number of hydrogen-bond donors (Lipinski definition) is 0. The van der Waals surface area contributed by atoms with Gasteiger partial charge in [-0.1, -0.05) is 30.3 Å². The second-order valence-corrected chi connectivity index (χ2v) is 6.84. The van der Waals surface area contributed by atoms with E-state index >= 15 is 0 Å². The van der Waals surface area contributed by atoms with E-state index in [2.05, 4.69) is 4.98 Å². The summed E-state index contributed by atoms with van der Waals surface area (Å²) >= 11 is 0. The van der Waals surface area contributed by atoms with Crippen LogP contribution in [-0.2, 0) is 16.1 Å². The SMILES string of the molecule is COc1cccc(-c2ccncc2C2COCC(=O)N2Cc2ccccc2F)c1. The number of rotatable bonds is 5. The third-order valence-electron chi connectivity index (χ3n) is 5.09. The van der Waals surface area contributed by atoms with Gasteiger partial charge in [0.15, 0.2) is 0 Å². The molecule has 0 spiro atoms. The second kappa shape index (κ2) is 8.41. The van der Waals surface area contributed by atoms with Crippen LogP contribution in [0.5, 0.6) is 5.75 Å². The van der Waals surface area contributed by atoms with E-state index in [1.54, 1.807) is 42.6 Å². The van der Waals surface area contributed by atoms with E-state index in [1.807, 2.05) is 30.3 Å². The molecule has 0 aliphatic carbocycles. The number of nitrogens with zero attached hydrogens (tertiary/aromatic N) is 2. The summed E-state index contributed by atoms with van der Waals surface area (Å²) in [6.07, 6.45) is 3.46. The Morgan fingerprint density at radius 1 is 1.21 bits per heavy atom. The summed E-state index contributed by atoms with van der Waals surface area (Å²) < 4.78 is 25.1. The summed E-state index contributed by atoms with van der Waals surface area (Å²) in [6, 6.07) is 15.8. The fraction of sp³-hybridized carbons (Fsp3) is 0.217. The average molecular weight is 392 g/mol. The van der Waals surface area contributed by atoms with Gasteiger partial charge in [0.1, 0.15) is 18.2 Å². The van der Waals surface area contributed by atoms with Crippen LogP contribution in [0.15, 0.2) is 67.0 Å². The first-order chi connectivity index (χ1) is 14.2. The van der Waals surface area contributed by atoms with Gasteiger partial charge in [-0.2, -0.15) is 0 Å². The topological polar surface area (TPSA) is 51.7 Å². The predicted octanol–water partition coefficient (Wildman–Crippen LogP) is 4.00. The number of benzene rings is 2. The van der Waals surface area contributed by atoms with E-state index < -0.39 is 0 Å². The van der Waals surface area contributed by atoms with Gasteiger partial charge in [-0.05, 0) is 35.4 Å². The van der Waals surface area contributed by atoms with Crippen LogP contribution in [0.3, 0.4) is 0 Å². The molecule has 148 valence electrons. The molecule has 0 radical (unpaired) electrons. The molecule has 1 atom stereocenters. The van der Waals surface area contributed by atoms with Crippen molar-refractivity contribution in [2.45, 2.75) is 12.6 Å². The molecule has 29 heavy (non-hydrogen) atoms. The van der Waals surface area contributed by atoms with Crippen molar-refractivity contribution in [1.82, 2.24) is 9.88 Å². The maximum atomic E-state index is 14.2. The highest BCUT2D eigenvalue weighted by molar-refractivity contribution is 5.79. The average Bonchev–Trinajstić information content (AvgIpc) is 2.76. The summed E-state index contributed by atoms with van der Waals surface area (Å²) in [6.45, 7) is 0.481. The maximum Gasteiger partial charge on any atom is 0.249 e. The first-order valence-electron chi connectivity index (χ1n) is 9.36. The Kier molecular flexibility index (Phi) is 5.53. The summed E-state index contributed by atoms with van der Waals surface area (Å²) in [5.74, 6) is 0.235. The molecule has 1 aliphatic rings. The van der Waals surface area contributed by atoms with Crippen LogP contribution in [0.25, 0.3) is 11.1 Å². The number of carbonyl (C=O) groups excluding carboxylic acids is 1. The molecular weight excluding hydrogens is 371 g/mol. The highest BCUT2D eigenvalue weighted by atomic mass is 19.1. The van der Waals surface area contributed by atoms with Gasteiger partial charge in [0.2, 0.25) is 5.91 Å². The van der Waals surface area contributed by atoms with Gasteiger partial charge >= 0.3 is 0 Å². The van der Waals surface area contributed by atoms with Crippen LogP contribution in [0, 0.1) is 5.82 Å². The zero-order valence-corrected chi connectivity index (χ0v) is 16.0. The minimum atomic E-state index is -0.370. The molecule has 4 rings (SSSR count). The molecule has 2 heterocycles. The number of ether oxygens (including phenoxy) is 2. The van der Waals surface area contributed by atoms with Gasteiger partial charge in [0, 0.05) is 30.1 Å². The Morgan fingerprint density at radius 2 is 2.07 bits per heavy atom. The van der Waals surface area contributed by atoms with Crippen molar-refractivity contribution >= 4 is 5.91 Å². The molecule has 6 heteroatoms. The molecule has 1 aliphatic heterocycles. The molecule has 0 bridgehead atoms. The summed E-state index contributed by atoms with van der Waals surface area (Å²) in [4.78, 5) is 18.6. The molecule has 0 N–H and O–H groups in total. The molecule has 1 saturated heterocycles. The number of amides is 1. The van der Waals surface area contributed by atoms with Gasteiger partial charge in [-0.15, -0.1) is 0 Å². The van der Waals surface area contributed by atoms with Crippen LogP contribution in [0.1, 0.15) is 17.2 Å². The molecule has 1 fully saturated rings. The smallest absolute Gasteiger partial charge is 0.249 e. The minimum absolute atomic E-state index is 0.0142. The zero-order valence-electron chi connectivity index (χ0n) is 16.0. The lowest BCUT2D eigenvalue weighted by molar-refractivity contribution is -0.149. The number of pyridine rings is 1. The van der Waals surface area contributed by atoms with E-state index in [4.69, 9.17) is 9.47 Å². The maximum absolute atomic E-state index is 14.2. The quantitative estimate of drug-likeness (QED) is 0.659. The van der Waals surface area contributed by atoms with Crippen LogP contribution < -0.4 is 4.74 Å². The van der Waals surface area contributed by atoms with Crippen molar-refractivity contribution in [3.63, 3.8) is 0 Å². The summed E-state index contributed by atoms with van der Waals surface area (Å²) in [5.41, 5.74) is 3.20. The highest BCUT2D eigenvalue weighted by Gasteiger charge is 2.32. The molecule has 1 unspecified atom stereocenters. The van der Waals surface area contributed by atoms with E-state index in [0.29, 0.717) is 12.2 Å². The summed E-state index contributed by atoms with van der Waals surface area (Å²) in [5, 5.41) is 0. The van der Waals surface area contributed by atoms with Crippen molar-refractivity contribution in [3.8, 4) is 16.9 Å². The third kappa shape index (κ3) is 3.98. The van der Waals surface area contributed by atoms with Crippen LogP contribution in [0.2, 0.25) is 0 Å². The third-order valence-corrected chi connectivity index (χ3v) is 5.09. The first kappa shape index (κ1) is 19.1. The van der Waals surface area contributed by atoms with Crippen molar-refractivity contribution < 1.29 is 18.7 Å². The van der Waals surface area contributed by atoms with Gasteiger partial charge in [-0.25, -0.2) is 4.39 Å². The summed E-state index contributed by atoms with van der Waals surface area (Å²) in [7, 11) is 1.62. The lowest BCUT2D eigenvalue weighted by atomic mass is 9.95. The number of halogens is 1. The van der Waals surface area contributed by atoms with E-state index in [1.165, 1.54) is 6.07 Å². The van der Waals surface area contributed by atoms with E-state index in [9.17, 15) is 9.18 Å². The Hall–Kier alpha value is -3.25. The molecule has 5 nitrogen and oxygen atoms in total. The lowest BCUT2D eigenvalue weighted by Crippen LogP contribution is -2.44. The van der Waals surface area contributed by atoms with E-state index in [-0.39, 0.29) is 30.9 Å². The number of aromatic nitrogens is 1. The monoisotopic (exact) mass is 392 g/mol. The fourth-order valence-corrected chi connectivity index (χ4v) is 3.60. The minimum Gasteiger partial charge on any atom is -0.497 e. The van der Waals surface area contributed by atoms with Crippen molar-refractivity contribution in [2.75, 3.05) is 20.3 Å². The Labute approximate surface area is 168 Å². The van der Waals surface area contributed by atoms with Crippen molar-refractivity contribution in [3.05, 3.63) is 83.9 Å². The second-order valence-electron chi connectivity index (χ2n) is 6.84. The normalized spacial score (nSPS) is 16.7.